The maximum Gasteiger partial charge on any atom is 0.255 e. The SMILES string of the molecule is Cc1cccc(COC2CCOC3(C2)CN(C(=O)c2cccnc2)C3)n1. The van der Waals surface area contributed by atoms with Crippen molar-refractivity contribution in [3.05, 3.63) is 59.7 Å². The van der Waals surface area contributed by atoms with Crippen molar-refractivity contribution < 1.29 is 14.3 Å². The van der Waals surface area contributed by atoms with Crippen LogP contribution in [0.15, 0.2) is 42.7 Å². The maximum atomic E-state index is 12.5. The standard InChI is InChI=1S/C20H23N3O3/c1-15-4-2-6-17(22-15)12-25-18-7-9-26-20(10-18)13-23(14-20)19(24)16-5-3-8-21-11-16/h2-6,8,11,18H,7,9-10,12-14H2,1H3. The minimum absolute atomic E-state index is 0.0133. The van der Waals surface area contributed by atoms with Crippen LogP contribution in [-0.2, 0) is 16.1 Å². The molecule has 2 saturated heterocycles. The molecule has 0 bridgehead atoms. The van der Waals surface area contributed by atoms with Crippen molar-refractivity contribution in [2.45, 2.75) is 38.1 Å². The third-order valence-corrected chi connectivity index (χ3v) is 5.01. The van der Waals surface area contributed by atoms with Crippen molar-refractivity contribution in [3.8, 4) is 0 Å². The molecule has 0 aliphatic carbocycles. The fourth-order valence-corrected chi connectivity index (χ4v) is 3.69. The van der Waals surface area contributed by atoms with Crippen molar-refractivity contribution in [3.63, 3.8) is 0 Å². The molecule has 0 saturated carbocycles. The maximum absolute atomic E-state index is 12.5. The summed E-state index contributed by atoms with van der Waals surface area (Å²) in [5.41, 5.74) is 2.31. The summed E-state index contributed by atoms with van der Waals surface area (Å²) in [4.78, 5) is 22.8. The third-order valence-electron chi connectivity index (χ3n) is 5.01. The van der Waals surface area contributed by atoms with Gasteiger partial charge >= 0.3 is 0 Å². The van der Waals surface area contributed by atoms with Crippen LogP contribution in [0.3, 0.4) is 0 Å². The van der Waals surface area contributed by atoms with Crippen LogP contribution in [0.2, 0.25) is 0 Å². The lowest BCUT2D eigenvalue weighted by Gasteiger charge is -2.53. The normalized spacial score (nSPS) is 21.4. The number of aryl methyl sites for hydroxylation is 1. The molecule has 4 rings (SSSR count). The van der Waals surface area contributed by atoms with Crippen LogP contribution in [-0.4, -0.2) is 52.2 Å². The molecule has 2 aliphatic rings. The van der Waals surface area contributed by atoms with E-state index < -0.39 is 0 Å². The molecule has 2 aromatic rings. The number of likely N-dealkylation sites (tertiary alicyclic amines) is 1. The van der Waals surface area contributed by atoms with E-state index in [0.717, 1.165) is 24.2 Å². The quantitative estimate of drug-likeness (QED) is 0.844. The average Bonchev–Trinajstić information content (AvgIpc) is 2.65. The van der Waals surface area contributed by atoms with Gasteiger partial charge in [-0.3, -0.25) is 14.8 Å². The monoisotopic (exact) mass is 353 g/mol. The summed E-state index contributed by atoms with van der Waals surface area (Å²) in [6, 6.07) is 9.54. The number of carbonyl (C=O) groups is 1. The largest absolute Gasteiger partial charge is 0.372 e. The van der Waals surface area contributed by atoms with Crippen molar-refractivity contribution in [1.82, 2.24) is 14.9 Å². The molecule has 0 radical (unpaired) electrons. The van der Waals surface area contributed by atoms with Gasteiger partial charge in [0.05, 0.1) is 37.1 Å². The van der Waals surface area contributed by atoms with E-state index in [0.29, 0.717) is 31.9 Å². The first-order valence-electron chi connectivity index (χ1n) is 9.01. The van der Waals surface area contributed by atoms with Crippen LogP contribution < -0.4 is 0 Å². The Morgan fingerprint density at radius 2 is 2.23 bits per heavy atom. The summed E-state index contributed by atoms with van der Waals surface area (Å²) in [7, 11) is 0. The number of pyridine rings is 2. The highest BCUT2D eigenvalue weighted by atomic mass is 16.5. The van der Waals surface area contributed by atoms with Gasteiger partial charge in [-0.1, -0.05) is 6.07 Å². The smallest absolute Gasteiger partial charge is 0.255 e. The molecule has 26 heavy (non-hydrogen) atoms. The van der Waals surface area contributed by atoms with Crippen LogP contribution in [0.5, 0.6) is 0 Å². The Balaban J connectivity index is 1.31. The summed E-state index contributed by atoms with van der Waals surface area (Å²) in [5.74, 6) is 0.0133. The lowest BCUT2D eigenvalue weighted by Crippen LogP contribution is -2.67. The number of carbonyl (C=O) groups excluding carboxylic acids is 1. The predicted octanol–water partition coefficient (Wildman–Crippen LogP) is 2.38. The van der Waals surface area contributed by atoms with Crippen molar-refractivity contribution in [1.29, 1.82) is 0 Å². The molecule has 1 spiro atoms. The molecule has 1 atom stereocenters. The second-order valence-corrected chi connectivity index (χ2v) is 7.13. The molecular formula is C20H23N3O3. The summed E-state index contributed by atoms with van der Waals surface area (Å²) in [5, 5.41) is 0. The van der Waals surface area contributed by atoms with Crippen molar-refractivity contribution in [2.75, 3.05) is 19.7 Å². The first-order chi connectivity index (χ1) is 12.6. The molecule has 6 nitrogen and oxygen atoms in total. The third kappa shape index (κ3) is 3.61. The van der Waals surface area contributed by atoms with Gasteiger partial charge in [-0.2, -0.15) is 0 Å². The van der Waals surface area contributed by atoms with Crippen LogP contribution in [0.1, 0.15) is 34.6 Å². The Kier molecular flexibility index (Phi) is 4.70. The van der Waals surface area contributed by atoms with Gasteiger partial charge in [-0.05, 0) is 37.6 Å². The molecule has 4 heterocycles. The lowest BCUT2D eigenvalue weighted by molar-refractivity contribution is -0.188. The number of hydrogen-bond donors (Lipinski definition) is 0. The van der Waals surface area contributed by atoms with E-state index in [-0.39, 0.29) is 17.6 Å². The highest BCUT2D eigenvalue weighted by molar-refractivity contribution is 5.94. The van der Waals surface area contributed by atoms with E-state index in [4.69, 9.17) is 9.47 Å². The molecule has 1 unspecified atom stereocenters. The van der Waals surface area contributed by atoms with Gasteiger partial charge in [0, 0.05) is 31.1 Å². The van der Waals surface area contributed by atoms with Crippen LogP contribution in [0.25, 0.3) is 0 Å². The van der Waals surface area contributed by atoms with Gasteiger partial charge < -0.3 is 14.4 Å². The second kappa shape index (κ2) is 7.13. The van der Waals surface area contributed by atoms with Crippen LogP contribution in [0.4, 0.5) is 0 Å². The van der Waals surface area contributed by atoms with Gasteiger partial charge in [0.15, 0.2) is 0 Å². The fourth-order valence-electron chi connectivity index (χ4n) is 3.69. The minimum Gasteiger partial charge on any atom is -0.372 e. The van der Waals surface area contributed by atoms with Crippen LogP contribution >= 0.6 is 0 Å². The molecule has 2 fully saturated rings. The number of amides is 1. The van der Waals surface area contributed by atoms with E-state index in [2.05, 4.69) is 9.97 Å². The number of hydrogen-bond acceptors (Lipinski definition) is 5. The van der Waals surface area contributed by atoms with Crippen molar-refractivity contribution in [2.24, 2.45) is 0 Å². The molecule has 1 amide bonds. The Bertz CT molecular complexity index is 775. The highest BCUT2D eigenvalue weighted by Gasteiger charge is 2.49. The highest BCUT2D eigenvalue weighted by Crippen LogP contribution is 2.36. The number of aromatic nitrogens is 2. The minimum atomic E-state index is -0.263. The van der Waals surface area contributed by atoms with E-state index in [9.17, 15) is 4.79 Å². The Morgan fingerprint density at radius 3 is 3.00 bits per heavy atom. The topological polar surface area (TPSA) is 64.6 Å². The molecule has 136 valence electrons. The average molecular weight is 353 g/mol. The molecule has 0 N–H and O–H groups in total. The number of nitrogens with zero attached hydrogens (tertiary/aromatic N) is 3. The summed E-state index contributed by atoms with van der Waals surface area (Å²) in [6.45, 7) is 4.39. The first kappa shape index (κ1) is 17.1. The van der Waals surface area contributed by atoms with Gasteiger partial charge in [0.2, 0.25) is 0 Å². The molecule has 0 aromatic carbocycles. The first-order valence-corrected chi connectivity index (χ1v) is 9.01. The number of rotatable bonds is 4. The van der Waals surface area contributed by atoms with E-state index >= 15 is 0 Å². The van der Waals surface area contributed by atoms with Gasteiger partial charge in [-0.15, -0.1) is 0 Å². The molecule has 2 aromatic heterocycles. The fraction of sp³-hybridized carbons (Fsp3) is 0.450. The second-order valence-electron chi connectivity index (χ2n) is 7.13. The Hall–Kier alpha value is -2.31. The Labute approximate surface area is 153 Å². The zero-order valence-corrected chi connectivity index (χ0v) is 14.9. The lowest BCUT2D eigenvalue weighted by atomic mass is 9.84. The molecular weight excluding hydrogens is 330 g/mol. The Morgan fingerprint density at radius 1 is 1.35 bits per heavy atom. The van der Waals surface area contributed by atoms with E-state index in [1.54, 1.807) is 24.5 Å². The summed E-state index contributed by atoms with van der Waals surface area (Å²) in [6.07, 6.45) is 5.11. The summed E-state index contributed by atoms with van der Waals surface area (Å²) < 4.78 is 12.1. The van der Waals surface area contributed by atoms with Gasteiger partial charge in [0.25, 0.3) is 5.91 Å². The van der Waals surface area contributed by atoms with Gasteiger partial charge in [-0.25, -0.2) is 0 Å². The number of ether oxygens (including phenoxy) is 2. The van der Waals surface area contributed by atoms with E-state index in [1.807, 2.05) is 30.0 Å². The van der Waals surface area contributed by atoms with Crippen LogP contribution in [0, 0.1) is 6.92 Å². The van der Waals surface area contributed by atoms with Crippen molar-refractivity contribution >= 4 is 5.91 Å². The van der Waals surface area contributed by atoms with Gasteiger partial charge in [0.1, 0.15) is 5.60 Å². The molecule has 2 aliphatic heterocycles. The summed E-state index contributed by atoms with van der Waals surface area (Å²) >= 11 is 0. The zero-order valence-electron chi connectivity index (χ0n) is 14.9. The molecule has 6 heteroatoms. The van der Waals surface area contributed by atoms with E-state index in [1.165, 1.54) is 0 Å². The zero-order chi connectivity index (χ0) is 18.0. The predicted molar refractivity (Wildman–Crippen MR) is 95.6 cm³/mol.